The van der Waals surface area contributed by atoms with E-state index in [0.29, 0.717) is 17.8 Å². The molecule has 6 nitrogen and oxygen atoms in total. The predicted molar refractivity (Wildman–Crippen MR) is 627 cm³/mol. The number of anilines is 18. The SMILES string of the molecule is CCC(C)c1ccc(N(c2ccc(N(c3ccc4ccccc4c3)c3ccc4ccccc4c3)cc2)c2ccc3ccccc3c2)cc1.CCC(C)c1ccc(N(c2ccc(N(c3ccccc3)c3ccccc3-c3ccccc3)cc2)c2ccc3ccccc3c2)cc1.CCC(C)c1ccc(N(c2ccc(N(c3ccccc3-c3ccccc3)c3ccccc3-c3ccccc3)cc2)c2ccc3ccccc3c2)cc1. The summed E-state index contributed by atoms with van der Waals surface area (Å²) in [5, 5.41) is 12.3. The minimum Gasteiger partial charge on any atom is -0.310 e. The van der Waals surface area contributed by atoms with Crippen molar-refractivity contribution in [2.24, 2.45) is 0 Å². The number of rotatable bonds is 27. The first-order valence-corrected chi connectivity index (χ1v) is 51.3. The van der Waals surface area contributed by atoms with Gasteiger partial charge in [-0.05, 0) is 324 Å². The molecule has 0 aliphatic carbocycles. The maximum absolute atomic E-state index is 2.41. The van der Waals surface area contributed by atoms with Crippen LogP contribution in [0.1, 0.15) is 95.2 Å². The fourth-order valence-corrected chi connectivity index (χ4v) is 20.2. The van der Waals surface area contributed by atoms with Crippen LogP contribution in [-0.4, -0.2) is 0 Å². The zero-order valence-corrected chi connectivity index (χ0v) is 83.6. The molecular weight excluding hydrogens is 1770 g/mol. The van der Waals surface area contributed by atoms with Gasteiger partial charge in [-0.3, -0.25) is 0 Å². The molecule has 0 aromatic heterocycles. The van der Waals surface area contributed by atoms with Crippen molar-refractivity contribution in [3.8, 4) is 33.4 Å². The van der Waals surface area contributed by atoms with Crippen LogP contribution in [0.3, 0.4) is 0 Å². The summed E-state index contributed by atoms with van der Waals surface area (Å²) in [5.41, 5.74) is 31.4. The number of fused-ring (bicyclic) bond motifs is 5. The summed E-state index contributed by atoms with van der Waals surface area (Å²) in [7, 11) is 0. The average molecular weight is 1880 g/mol. The minimum absolute atomic E-state index is 0.519. The molecule has 0 aliphatic rings. The molecule has 0 heterocycles. The first-order chi connectivity index (χ1) is 72.0. The molecule has 0 N–H and O–H groups in total. The maximum Gasteiger partial charge on any atom is 0.0540 e. The molecule has 3 unspecified atom stereocenters. The van der Waals surface area contributed by atoms with E-state index in [1.807, 2.05) is 0 Å². The van der Waals surface area contributed by atoms with E-state index < -0.39 is 0 Å². The van der Waals surface area contributed by atoms with Gasteiger partial charge in [0.2, 0.25) is 0 Å². The molecule has 0 fully saturated rings. The largest absolute Gasteiger partial charge is 0.310 e. The third-order valence-corrected chi connectivity index (χ3v) is 28.8. The van der Waals surface area contributed by atoms with Crippen LogP contribution >= 0.6 is 0 Å². The molecule has 23 aromatic carbocycles. The Morgan fingerprint density at radius 2 is 0.301 bits per heavy atom. The van der Waals surface area contributed by atoms with Gasteiger partial charge in [0.1, 0.15) is 0 Å². The van der Waals surface area contributed by atoms with Crippen LogP contribution in [0.25, 0.3) is 87.2 Å². The van der Waals surface area contributed by atoms with Crippen molar-refractivity contribution in [2.45, 2.75) is 78.6 Å². The van der Waals surface area contributed by atoms with Gasteiger partial charge in [0.15, 0.2) is 0 Å². The van der Waals surface area contributed by atoms with Crippen molar-refractivity contribution in [1.82, 2.24) is 0 Å². The summed E-state index contributed by atoms with van der Waals surface area (Å²) in [5.74, 6) is 1.58. The smallest absolute Gasteiger partial charge is 0.0540 e. The Bertz CT molecular complexity index is 8190. The Kier molecular flexibility index (Phi) is 28.5. The van der Waals surface area contributed by atoms with Crippen LogP contribution < -0.4 is 29.4 Å². The Morgan fingerprint density at radius 3 is 0.541 bits per heavy atom. The molecule has 0 aliphatic heterocycles. The monoisotopic (exact) mass is 1880 g/mol. The van der Waals surface area contributed by atoms with Crippen LogP contribution in [-0.2, 0) is 0 Å². The Hall–Kier alpha value is -17.8. The van der Waals surface area contributed by atoms with Gasteiger partial charge in [-0.1, -0.05) is 393 Å². The molecule has 23 aromatic rings. The fourth-order valence-electron chi connectivity index (χ4n) is 20.2. The predicted octanol–water partition coefficient (Wildman–Crippen LogP) is 41.2. The van der Waals surface area contributed by atoms with E-state index in [4.69, 9.17) is 0 Å². The van der Waals surface area contributed by atoms with Gasteiger partial charge in [-0.2, -0.15) is 0 Å². The van der Waals surface area contributed by atoms with Gasteiger partial charge < -0.3 is 29.4 Å². The van der Waals surface area contributed by atoms with Crippen molar-refractivity contribution in [3.05, 3.63) is 569 Å². The lowest BCUT2D eigenvalue weighted by molar-refractivity contribution is 0.733. The molecule has 146 heavy (non-hydrogen) atoms. The van der Waals surface area contributed by atoms with E-state index in [2.05, 4.69) is 623 Å². The van der Waals surface area contributed by atoms with E-state index in [1.54, 1.807) is 0 Å². The summed E-state index contributed by atoms with van der Waals surface area (Å²) in [6.45, 7) is 13.6. The summed E-state index contributed by atoms with van der Waals surface area (Å²) < 4.78 is 0. The van der Waals surface area contributed by atoms with Crippen molar-refractivity contribution in [3.63, 3.8) is 0 Å². The number of para-hydroxylation sites is 4. The van der Waals surface area contributed by atoms with Crippen LogP contribution in [0, 0.1) is 0 Å². The van der Waals surface area contributed by atoms with Gasteiger partial charge in [0, 0.05) is 102 Å². The Balaban J connectivity index is 0.000000129. The van der Waals surface area contributed by atoms with Crippen molar-refractivity contribution in [1.29, 1.82) is 0 Å². The zero-order valence-electron chi connectivity index (χ0n) is 83.6. The number of hydrogen-bond donors (Lipinski definition) is 0. The summed E-state index contributed by atoms with van der Waals surface area (Å²) in [6, 6.07) is 200. The average Bonchev–Trinajstić information content (AvgIpc) is 0.756. The van der Waals surface area contributed by atoms with E-state index in [-0.39, 0.29) is 0 Å². The molecule has 0 saturated carbocycles. The summed E-state index contributed by atoms with van der Waals surface area (Å²) >= 11 is 0. The molecule has 708 valence electrons. The van der Waals surface area contributed by atoms with E-state index in [1.165, 1.54) is 104 Å². The highest BCUT2D eigenvalue weighted by Gasteiger charge is 2.26. The molecule has 0 saturated heterocycles. The third kappa shape index (κ3) is 20.7. The molecular formula is C140H118N6. The highest BCUT2D eigenvalue weighted by molar-refractivity contribution is 5.99. The normalized spacial score (nSPS) is 11.8. The molecule has 6 heteroatoms. The third-order valence-electron chi connectivity index (χ3n) is 28.8. The molecule has 0 bridgehead atoms. The van der Waals surface area contributed by atoms with Crippen LogP contribution in [0.5, 0.6) is 0 Å². The first kappa shape index (κ1) is 94.4. The van der Waals surface area contributed by atoms with Crippen molar-refractivity contribution < 1.29 is 0 Å². The second-order valence-electron chi connectivity index (χ2n) is 37.9. The van der Waals surface area contributed by atoms with Gasteiger partial charge in [0.25, 0.3) is 0 Å². The number of benzene rings is 23. The quantitative estimate of drug-likeness (QED) is 0.0507. The highest BCUT2D eigenvalue weighted by Crippen LogP contribution is 2.50. The second-order valence-corrected chi connectivity index (χ2v) is 37.9. The van der Waals surface area contributed by atoms with Gasteiger partial charge in [0.05, 0.1) is 17.1 Å². The molecule has 0 radical (unpaired) electrons. The Morgan fingerprint density at radius 1 is 0.137 bits per heavy atom. The summed E-state index contributed by atoms with van der Waals surface area (Å²) in [6.07, 6.45) is 3.37. The minimum atomic E-state index is 0.519. The molecule has 0 amide bonds. The van der Waals surface area contributed by atoms with Crippen molar-refractivity contribution in [2.75, 3.05) is 29.4 Å². The first-order valence-electron chi connectivity index (χ1n) is 51.3. The number of hydrogen-bond acceptors (Lipinski definition) is 6. The van der Waals surface area contributed by atoms with Gasteiger partial charge in [-0.15, -0.1) is 0 Å². The zero-order chi connectivity index (χ0) is 99.0. The molecule has 3 atom stereocenters. The van der Waals surface area contributed by atoms with E-state index >= 15 is 0 Å². The van der Waals surface area contributed by atoms with Crippen LogP contribution in [0.15, 0.2) is 552 Å². The number of nitrogens with zero attached hydrogens (tertiary/aromatic N) is 6. The Labute approximate surface area is 860 Å². The maximum atomic E-state index is 2.41. The van der Waals surface area contributed by atoms with Gasteiger partial charge in [-0.25, -0.2) is 0 Å². The van der Waals surface area contributed by atoms with Crippen LogP contribution in [0.2, 0.25) is 0 Å². The summed E-state index contributed by atoms with van der Waals surface area (Å²) in [4.78, 5) is 14.2. The lowest BCUT2D eigenvalue weighted by Gasteiger charge is -2.31. The van der Waals surface area contributed by atoms with E-state index in [0.717, 1.165) is 122 Å². The lowest BCUT2D eigenvalue weighted by Crippen LogP contribution is -2.13. The van der Waals surface area contributed by atoms with Crippen molar-refractivity contribution >= 4 is 156 Å². The topological polar surface area (TPSA) is 19.4 Å². The second kappa shape index (κ2) is 44.1. The van der Waals surface area contributed by atoms with E-state index in [9.17, 15) is 0 Å². The fraction of sp³-hybridized carbons (Fsp3) is 0.0857. The van der Waals surface area contributed by atoms with Gasteiger partial charge >= 0.3 is 0 Å². The highest BCUT2D eigenvalue weighted by atomic mass is 15.2. The van der Waals surface area contributed by atoms with Crippen LogP contribution in [0.4, 0.5) is 102 Å². The molecule has 23 rings (SSSR count). The standard InChI is InChI=1S/C50H42N2.C46H38N2.C44H38N2/c1-3-37(2)38-26-29-43(30-27-38)51(46-31-28-39-16-10-11-21-42(39)36-46)44-32-34-45(35-33-44)52(49-24-14-12-22-47(49)40-17-6-4-7-18-40)50-25-15-13-23-48(50)41-19-8-5-9-20-41;1-3-33(2)34-16-21-41(22-17-34)47(44-23-18-35-10-4-7-13-38(35)30-44)42-26-28-43(29-27-42)48(45-24-19-36-11-5-8-14-39(36)31-45)46-25-20-37-12-6-9-15-40(37)32-46;1-3-33(2)34-22-25-39(26-23-34)45(42-27-24-35-14-10-11-17-37(35)32-42)40-28-30-41(31-29-40)46(38-18-8-5-9-19-38)44-21-13-12-20-43(44)36-15-6-4-7-16-36/h4-37H,3H2,1-2H3;4-33H,3H2,1-2H3;4-33H,3H2,1-2H3. The lowest BCUT2D eigenvalue weighted by atomic mass is 9.98. The molecule has 0 spiro atoms.